The van der Waals surface area contributed by atoms with E-state index in [9.17, 15) is 14.4 Å². The van der Waals surface area contributed by atoms with E-state index in [0.29, 0.717) is 51.2 Å². The molecule has 1 aromatic rings. The van der Waals surface area contributed by atoms with Crippen molar-refractivity contribution in [3.63, 3.8) is 0 Å². The number of amides is 4. The van der Waals surface area contributed by atoms with Gasteiger partial charge in [0.2, 0.25) is 5.91 Å². The molecule has 30 heavy (non-hydrogen) atoms. The molecule has 0 radical (unpaired) electrons. The molecule has 1 N–H and O–H groups in total. The van der Waals surface area contributed by atoms with Crippen molar-refractivity contribution < 1.29 is 14.4 Å². The minimum atomic E-state index is -0.733. The van der Waals surface area contributed by atoms with Crippen LogP contribution in [0.2, 0.25) is 0 Å². The highest BCUT2D eigenvalue weighted by molar-refractivity contribution is 6.07. The van der Waals surface area contributed by atoms with Gasteiger partial charge in [0.15, 0.2) is 0 Å². The molecule has 3 saturated heterocycles. The largest absolute Gasteiger partial charge is 0.342 e. The molecule has 1 aromatic carbocycles. The summed E-state index contributed by atoms with van der Waals surface area (Å²) in [5.74, 6) is 0.0411. The summed E-state index contributed by atoms with van der Waals surface area (Å²) in [7, 11) is 0. The zero-order valence-corrected chi connectivity index (χ0v) is 18.0. The fourth-order valence-corrected chi connectivity index (χ4v) is 4.99. The summed E-state index contributed by atoms with van der Waals surface area (Å²) < 4.78 is 0. The van der Waals surface area contributed by atoms with Gasteiger partial charge in [0.1, 0.15) is 5.54 Å². The van der Waals surface area contributed by atoms with E-state index in [2.05, 4.69) is 24.1 Å². The highest BCUT2D eigenvalue weighted by Gasteiger charge is 2.54. The van der Waals surface area contributed by atoms with E-state index in [0.717, 1.165) is 18.7 Å². The molecule has 3 heterocycles. The molecule has 0 aromatic heterocycles. The number of urea groups is 1. The van der Waals surface area contributed by atoms with E-state index >= 15 is 0 Å². The number of hydrogen-bond donors (Lipinski definition) is 1. The molecule has 162 valence electrons. The average molecular weight is 413 g/mol. The van der Waals surface area contributed by atoms with Crippen molar-refractivity contribution in [2.75, 3.05) is 26.2 Å². The topological polar surface area (TPSA) is 73.0 Å². The van der Waals surface area contributed by atoms with Crippen LogP contribution in [-0.4, -0.2) is 76.3 Å². The maximum atomic E-state index is 13.3. The Hall–Kier alpha value is -2.41. The predicted octanol–water partition coefficient (Wildman–Crippen LogP) is 2.01. The van der Waals surface area contributed by atoms with E-state index in [-0.39, 0.29) is 23.9 Å². The van der Waals surface area contributed by atoms with Crippen molar-refractivity contribution in [1.29, 1.82) is 0 Å². The zero-order valence-electron chi connectivity index (χ0n) is 18.0. The summed E-state index contributed by atoms with van der Waals surface area (Å²) in [4.78, 5) is 44.3. The number of benzene rings is 1. The number of carbonyl (C=O) groups is 3. The summed E-state index contributed by atoms with van der Waals surface area (Å²) >= 11 is 0. The van der Waals surface area contributed by atoms with E-state index < -0.39 is 5.54 Å². The quantitative estimate of drug-likeness (QED) is 0.768. The number of carbonyl (C=O) groups excluding carboxylic acids is 3. The second kappa shape index (κ2) is 8.38. The SMILES string of the molecule is CC(C)N1CCC2(CC1)NC(=O)N(C1CCN(C(=O)Cc3ccccc3)CC1)C2=O. The minimum absolute atomic E-state index is 0.0648. The van der Waals surface area contributed by atoms with Crippen LogP contribution in [0.1, 0.15) is 45.1 Å². The number of likely N-dealkylation sites (tertiary alicyclic amines) is 2. The van der Waals surface area contributed by atoms with Crippen molar-refractivity contribution in [3.8, 4) is 0 Å². The van der Waals surface area contributed by atoms with Crippen LogP contribution in [0, 0.1) is 0 Å². The molecule has 4 amide bonds. The van der Waals surface area contributed by atoms with Crippen LogP contribution < -0.4 is 5.32 Å². The van der Waals surface area contributed by atoms with Gasteiger partial charge in [0.25, 0.3) is 5.91 Å². The van der Waals surface area contributed by atoms with E-state index in [1.54, 1.807) is 0 Å². The van der Waals surface area contributed by atoms with Gasteiger partial charge < -0.3 is 15.1 Å². The van der Waals surface area contributed by atoms with Gasteiger partial charge in [-0.05, 0) is 45.1 Å². The van der Waals surface area contributed by atoms with Crippen LogP contribution in [0.3, 0.4) is 0 Å². The highest BCUT2D eigenvalue weighted by Crippen LogP contribution is 2.33. The minimum Gasteiger partial charge on any atom is -0.342 e. The number of imide groups is 1. The van der Waals surface area contributed by atoms with Crippen LogP contribution in [-0.2, 0) is 16.0 Å². The lowest BCUT2D eigenvalue weighted by atomic mass is 9.86. The van der Waals surface area contributed by atoms with Crippen LogP contribution in [0.15, 0.2) is 30.3 Å². The standard InChI is InChI=1S/C23H32N4O3/c1-17(2)25-14-10-23(11-15-25)21(29)27(22(30)24-23)19-8-12-26(13-9-19)20(28)16-18-6-4-3-5-7-18/h3-7,17,19H,8-16H2,1-2H3,(H,24,30). The Morgan fingerprint density at radius 1 is 1.07 bits per heavy atom. The lowest BCUT2D eigenvalue weighted by Gasteiger charge is -2.40. The normalized spacial score (nSPS) is 22.8. The number of piperidine rings is 2. The molecule has 7 nitrogen and oxygen atoms in total. The monoisotopic (exact) mass is 412 g/mol. The lowest BCUT2D eigenvalue weighted by Crippen LogP contribution is -2.56. The van der Waals surface area contributed by atoms with Crippen molar-refractivity contribution >= 4 is 17.8 Å². The first-order valence-corrected chi connectivity index (χ1v) is 11.1. The molecule has 3 fully saturated rings. The molecule has 7 heteroatoms. The zero-order chi connectivity index (χ0) is 21.3. The van der Waals surface area contributed by atoms with Gasteiger partial charge in [-0.1, -0.05) is 30.3 Å². The van der Waals surface area contributed by atoms with Crippen LogP contribution in [0.25, 0.3) is 0 Å². The van der Waals surface area contributed by atoms with Crippen LogP contribution >= 0.6 is 0 Å². The molecule has 0 bridgehead atoms. The lowest BCUT2D eigenvalue weighted by molar-refractivity contribution is -0.136. The van der Waals surface area contributed by atoms with E-state index in [1.807, 2.05) is 35.2 Å². The molecule has 0 atom stereocenters. The Bertz CT molecular complexity index is 794. The molecular formula is C23H32N4O3. The van der Waals surface area contributed by atoms with Gasteiger partial charge in [-0.3, -0.25) is 14.5 Å². The maximum Gasteiger partial charge on any atom is 0.325 e. The molecule has 3 aliphatic rings. The first-order valence-electron chi connectivity index (χ1n) is 11.1. The van der Waals surface area contributed by atoms with E-state index in [4.69, 9.17) is 0 Å². The Labute approximate surface area is 178 Å². The second-order valence-corrected chi connectivity index (χ2v) is 9.09. The van der Waals surface area contributed by atoms with Gasteiger partial charge in [-0.15, -0.1) is 0 Å². The number of hydrogen-bond acceptors (Lipinski definition) is 4. The fourth-order valence-electron chi connectivity index (χ4n) is 4.99. The Balaban J connectivity index is 1.34. The fraction of sp³-hybridized carbons (Fsp3) is 0.609. The summed E-state index contributed by atoms with van der Waals surface area (Å²) in [5.41, 5.74) is 0.274. The summed E-state index contributed by atoms with van der Waals surface area (Å²) in [6, 6.07) is 9.80. The van der Waals surface area contributed by atoms with E-state index in [1.165, 1.54) is 4.90 Å². The Morgan fingerprint density at radius 3 is 2.30 bits per heavy atom. The van der Waals surface area contributed by atoms with Crippen LogP contribution in [0.4, 0.5) is 4.79 Å². The third-order valence-electron chi connectivity index (χ3n) is 6.96. The number of nitrogens with zero attached hydrogens (tertiary/aromatic N) is 3. The van der Waals surface area contributed by atoms with Gasteiger partial charge in [-0.2, -0.15) is 0 Å². The first kappa shape index (κ1) is 20.8. The van der Waals surface area contributed by atoms with Gasteiger partial charge in [0, 0.05) is 38.3 Å². The van der Waals surface area contributed by atoms with Gasteiger partial charge >= 0.3 is 6.03 Å². The van der Waals surface area contributed by atoms with Crippen LogP contribution in [0.5, 0.6) is 0 Å². The highest BCUT2D eigenvalue weighted by atomic mass is 16.2. The summed E-state index contributed by atoms with van der Waals surface area (Å²) in [5, 5.41) is 3.02. The van der Waals surface area contributed by atoms with Crippen molar-refractivity contribution in [2.45, 2.75) is 63.6 Å². The smallest absolute Gasteiger partial charge is 0.325 e. The predicted molar refractivity (Wildman–Crippen MR) is 114 cm³/mol. The summed E-state index contributed by atoms with van der Waals surface area (Å²) in [6.07, 6.45) is 3.02. The molecule has 1 spiro atoms. The molecule has 3 aliphatic heterocycles. The molecule has 0 aliphatic carbocycles. The maximum absolute atomic E-state index is 13.3. The summed E-state index contributed by atoms with van der Waals surface area (Å²) in [6.45, 7) is 7.13. The van der Waals surface area contributed by atoms with Crippen molar-refractivity contribution in [3.05, 3.63) is 35.9 Å². The Morgan fingerprint density at radius 2 is 1.70 bits per heavy atom. The molecular weight excluding hydrogens is 380 g/mol. The first-order chi connectivity index (χ1) is 14.4. The average Bonchev–Trinajstić information content (AvgIpc) is 2.98. The second-order valence-electron chi connectivity index (χ2n) is 9.09. The third kappa shape index (κ3) is 3.95. The van der Waals surface area contributed by atoms with Gasteiger partial charge in [-0.25, -0.2) is 4.79 Å². The van der Waals surface area contributed by atoms with Crippen molar-refractivity contribution in [1.82, 2.24) is 20.0 Å². The molecule has 0 saturated carbocycles. The Kier molecular flexibility index (Phi) is 5.82. The third-order valence-corrected chi connectivity index (χ3v) is 6.96. The number of rotatable bonds is 4. The molecule has 0 unspecified atom stereocenters. The van der Waals surface area contributed by atoms with Crippen molar-refractivity contribution in [2.24, 2.45) is 0 Å². The number of nitrogens with one attached hydrogen (secondary N) is 1. The molecule has 4 rings (SSSR count). The van der Waals surface area contributed by atoms with Gasteiger partial charge in [0.05, 0.1) is 6.42 Å².